The smallest absolute Gasteiger partial charge is 0.187 e. The van der Waals surface area contributed by atoms with Gasteiger partial charge in [-0.25, -0.2) is 0 Å². The van der Waals surface area contributed by atoms with Gasteiger partial charge in [0.1, 0.15) is 0 Å². The van der Waals surface area contributed by atoms with Crippen molar-refractivity contribution < 1.29 is 24.4 Å². The van der Waals surface area contributed by atoms with Crippen LogP contribution in [0.4, 0.5) is 0 Å². The van der Waals surface area contributed by atoms with Crippen LogP contribution in [0.15, 0.2) is 24.3 Å². The van der Waals surface area contributed by atoms with Gasteiger partial charge in [-0.2, -0.15) is 0 Å². The van der Waals surface area contributed by atoms with Crippen LogP contribution in [-0.2, 0) is 14.2 Å². The van der Waals surface area contributed by atoms with Gasteiger partial charge in [-0.15, -0.1) is 0 Å². The number of rotatable bonds is 6. The van der Waals surface area contributed by atoms with Crippen molar-refractivity contribution in [3.05, 3.63) is 35.4 Å². The van der Waals surface area contributed by atoms with E-state index in [1.54, 1.807) is 0 Å². The predicted octanol–water partition coefficient (Wildman–Crippen LogP) is 1.76. The number of hydrogen-bond donors (Lipinski definition) is 2. The number of aliphatic hydroxyl groups excluding tert-OH is 2. The van der Waals surface area contributed by atoms with Gasteiger partial charge in [0.25, 0.3) is 0 Å². The van der Waals surface area contributed by atoms with Crippen LogP contribution in [0.1, 0.15) is 37.6 Å². The molecule has 0 aliphatic carbocycles. The lowest BCUT2D eigenvalue weighted by Crippen LogP contribution is -2.10. The van der Waals surface area contributed by atoms with Crippen LogP contribution in [0.5, 0.6) is 0 Å². The summed E-state index contributed by atoms with van der Waals surface area (Å²) in [6, 6.07) is 7.59. The van der Waals surface area contributed by atoms with Crippen molar-refractivity contribution >= 4 is 0 Å². The molecule has 0 amide bonds. The molecule has 108 valence electrons. The maximum atomic E-state index is 8.74. The highest BCUT2D eigenvalue weighted by molar-refractivity contribution is 5.32. The van der Waals surface area contributed by atoms with Crippen molar-refractivity contribution in [2.75, 3.05) is 26.4 Å². The minimum atomic E-state index is -0.512. The number of fused-ring (bicyclic) bond motifs is 1. The van der Waals surface area contributed by atoms with Crippen molar-refractivity contribution in [1.29, 1.82) is 0 Å². The summed E-state index contributed by atoms with van der Waals surface area (Å²) in [4.78, 5) is 0. The zero-order valence-corrected chi connectivity index (χ0v) is 11.4. The van der Waals surface area contributed by atoms with Gasteiger partial charge in [0.15, 0.2) is 12.6 Å². The second-order valence-electron chi connectivity index (χ2n) is 3.62. The fraction of sp³-hybridized carbons (Fsp3) is 0.571. The van der Waals surface area contributed by atoms with Gasteiger partial charge in [0.2, 0.25) is 0 Å². The van der Waals surface area contributed by atoms with Crippen LogP contribution in [0.2, 0.25) is 0 Å². The Kier molecular flexibility index (Phi) is 7.62. The molecule has 5 nitrogen and oxygen atoms in total. The summed E-state index contributed by atoms with van der Waals surface area (Å²) in [5.74, 6) is 0. The van der Waals surface area contributed by atoms with E-state index in [1.807, 2.05) is 38.1 Å². The fourth-order valence-corrected chi connectivity index (χ4v) is 1.78. The number of hydrogen-bond acceptors (Lipinski definition) is 5. The Hall–Kier alpha value is -0.980. The summed E-state index contributed by atoms with van der Waals surface area (Å²) in [6.07, 6.45) is -1.02. The molecule has 1 aromatic rings. The summed E-state index contributed by atoms with van der Waals surface area (Å²) in [5.41, 5.74) is 1.81. The first-order valence-electron chi connectivity index (χ1n) is 6.56. The van der Waals surface area contributed by atoms with E-state index < -0.39 is 12.6 Å². The molecule has 19 heavy (non-hydrogen) atoms. The molecular formula is C14H22O5. The largest absolute Gasteiger partial charge is 0.394 e. The Bertz CT molecular complexity index is 322. The Labute approximate surface area is 113 Å². The predicted molar refractivity (Wildman–Crippen MR) is 70.4 cm³/mol. The minimum absolute atomic E-state index is 0.0514. The standard InChI is InChI=1S/C12H16O5.C2H6/c13-5-7-15-11-9-3-1-2-4-10(9)12(17-11)16-8-6-14;1-2/h1-4,11-14H,5-8H2;1-2H3. The molecule has 0 bridgehead atoms. The van der Waals surface area contributed by atoms with Crippen LogP contribution in [0.25, 0.3) is 0 Å². The maximum Gasteiger partial charge on any atom is 0.187 e. The monoisotopic (exact) mass is 270 g/mol. The minimum Gasteiger partial charge on any atom is -0.394 e. The van der Waals surface area contributed by atoms with Gasteiger partial charge in [-0.05, 0) is 0 Å². The van der Waals surface area contributed by atoms with Gasteiger partial charge < -0.3 is 24.4 Å². The summed E-state index contributed by atoms with van der Waals surface area (Å²) < 4.78 is 16.3. The van der Waals surface area contributed by atoms with Crippen molar-refractivity contribution in [2.45, 2.75) is 26.4 Å². The number of benzene rings is 1. The third kappa shape index (κ3) is 4.26. The lowest BCUT2D eigenvalue weighted by Gasteiger charge is -2.14. The molecule has 2 rings (SSSR count). The van der Waals surface area contributed by atoms with Crippen LogP contribution in [0, 0.1) is 0 Å². The zero-order chi connectivity index (χ0) is 14.1. The molecule has 0 spiro atoms. The molecule has 5 heteroatoms. The lowest BCUT2D eigenvalue weighted by molar-refractivity contribution is -0.238. The van der Waals surface area contributed by atoms with Gasteiger partial charge in [0, 0.05) is 11.1 Å². The third-order valence-electron chi connectivity index (χ3n) is 2.47. The van der Waals surface area contributed by atoms with E-state index in [0.29, 0.717) is 0 Å². The molecule has 0 saturated carbocycles. The zero-order valence-electron chi connectivity index (χ0n) is 11.4. The van der Waals surface area contributed by atoms with E-state index in [4.69, 9.17) is 24.4 Å². The van der Waals surface area contributed by atoms with Crippen molar-refractivity contribution in [2.24, 2.45) is 0 Å². The van der Waals surface area contributed by atoms with Gasteiger partial charge in [-0.3, -0.25) is 0 Å². The topological polar surface area (TPSA) is 68.2 Å². The van der Waals surface area contributed by atoms with Crippen LogP contribution in [0.3, 0.4) is 0 Å². The number of aliphatic hydroxyl groups is 2. The van der Waals surface area contributed by atoms with Crippen LogP contribution >= 0.6 is 0 Å². The Morgan fingerprint density at radius 3 is 1.74 bits per heavy atom. The summed E-state index contributed by atoms with van der Waals surface area (Å²) >= 11 is 0. The number of ether oxygens (including phenoxy) is 3. The van der Waals surface area contributed by atoms with Gasteiger partial charge in [0.05, 0.1) is 26.4 Å². The molecule has 0 saturated heterocycles. The van der Waals surface area contributed by atoms with E-state index >= 15 is 0 Å². The normalized spacial score (nSPS) is 20.6. The average molecular weight is 270 g/mol. The van der Waals surface area contributed by atoms with Crippen molar-refractivity contribution in [3.8, 4) is 0 Å². The molecule has 0 radical (unpaired) electrons. The summed E-state index contributed by atoms with van der Waals surface area (Å²) in [6.45, 7) is 4.33. The molecule has 2 atom stereocenters. The first-order chi connectivity index (χ1) is 9.36. The van der Waals surface area contributed by atoms with E-state index in [2.05, 4.69) is 0 Å². The maximum absolute atomic E-state index is 8.74. The molecule has 0 fully saturated rings. The van der Waals surface area contributed by atoms with E-state index in [0.717, 1.165) is 11.1 Å². The lowest BCUT2D eigenvalue weighted by atomic mass is 10.1. The summed E-state index contributed by atoms with van der Waals surface area (Å²) in [7, 11) is 0. The van der Waals surface area contributed by atoms with E-state index in [1.165, 1.54) is 0 Å². The molecule has 1 aliphatic rings. The molecule has 1 aromatic carbocycles. The fourth-order valence-electron chi connectivity index (χ4n) is 1.78. The highest BCUT2D eigenvalue weighted by atomic mass is 16.8. The molecule has 1 heterocycles. The first-order valence-corrected chi connectivity index (χ1v) is 6.56. The third-order valence-corrected chi connectivity index (χ3v) is 2.47. The van der Waals surface area contributed by atoms with E-state index in [9.17, 15) is 0 Å². The Balaban J connectivity index is 0.000000861. The molecule has 2 N–H and O–H groups in total. The van der Waals surface area contributed by atoms with Crippen LogP contribution < -0.4 is 0 Å². The molecule has 1 aliphatic heterocycles. The Morgan fingerprint density at radius 1 is 0.947 bits per heavy atom. The van der Waals surface area contributed by atoms with Crippen molar-refractivity contribution in [3.63, 3.8) is 0 Å². The second kappa shape index (κ2) is 9.01. The average Bonchev–Trinajstić information content (AvgIpc) is 2.83. The van der Waals surface area contributed by atoms with Gasteiger partial charge >= 0.3 is 0 Å². The summed E-state index contributed by atoms with van der Waals surface area (Å²) in [5, 5.41) is 17.5. The van der Waals surface area contributed by atoms with Crippen LogP contribution in [-0.4, -0.2) is 36.6 Å². The highest BCUT2D eigenvalue weighted by Gasteiger charge is 2.32. The highest BCUT2D eigenvalue weighted by Crippen LogP contribution is 2.39. The van der Waals surface area contributed by atoms with E-state index in [-0.39, 0.29) is 26.4 Å². The molecular weight excluding hydrogens is 248 g/mol. The Morgan fingerprint density at radius 2 is 1.37 bits per heavy atom. The molecule has 0 aromatic heterocycles. The second-order valence-corrected chi connectivity index (χ2v) is 3.62. The SMILES string of the molecule is CC.OCCOC1OC(OCCO)c2ccccc21. The van der Waals surface area contributed by atoms with Crippen molar-refractivity contribution in [1.82, 2.24) is 0 Å². The quantitative estimate of drug-likeness (QED) is 0.824. The van der Waals surface area contributed by atoms with Gasteiger partial charge in [-0.1, -0.05) is 38.1 Å². The first kappa shape index (κ1) is 16.1. The molecule has 2 unspecified atom stereocenters.